The summed E-state index contributed by atoms with van der Waals surface area (Å²) in [5.41, 5.74) is -0.740. The molecule has 168 valence electrons. The summed E-state index contributed by atoms with van der Waals surface area (Å²) in [5.74, 6) is -0.369. The molecule has 1 aliphatic carbocycles. The quantitative estimate of drug-likeness (QED) is 0.617. The summed E-state index contributed by atoms with van der Waals surface area (Å²) in [5, 5.41) is 7.22. The average molecular weight is 455 g/mol. The Morgan fingerprint density at radius 2 is 1.87 bits per heavy atom. The van der Waals surface area contributed by atoms with Crippen LogP contribution in [0.1, 0.15) is 55.0 Å². The molecule has 2 heterocycles. The lowest BCUT2D eigenvalue weighted by atomic mass is 10.2. The van der Waals surface area contributed by atoms with Crippen LogP contribution in [0.15, 0.2) is 11.0 Å². The predicted octanol–water partition coefficient (Wildman–Crippen LogP) is 3.60. The van der Waals surface area contributed by atoms with Gasteiger partial charge in [0, 0.05) is 24.7 Å². The number of halogens is 5. The van der Waals surface area contributed by atoms with Gasteiger partial charge in [-0.2, -0.15) is 32.1 Å². The molecule has 0 unspecified atom stereocenters. The van der Waals surface area contributed by atoms with Gasteiger partial charge in [0.1, 0.15) is 4.90 Å². The highest BCUT2D eigenvalue weighted by molar-refractivity contribution is 7.89. The first-order chi connectivity index (χ1) is 13.8. The van der Waals surface area contributed by atoms with E-state index in [0.29, 0.717) is 10.4 Å². The van der Waals surface area contributed by atoms with Gasteiger partial charge >= 0.3 is 12.7 Å². The molecule has 1 aliphatic rings. The lowest BCUT2D eigenvalue weighted by Crippen LogP contribution is -2.31. The van der Waals surface area contributed by atoms with Crippen LogP contribution in [0.3, 0.4) is 0 Å². The topological polar surface area (TPSA) is 81.8 Å². The number of aryl methyl sites for hydroxylation is 1. The second-order valence-electron chi connectivity index (χ2n) is 7.59. The molecule has 0 radical (unpaired) electrons. The molecule has 1 N–H and O–H groups in total. The summed E-state index contributed by atoms with van der Waals surface area (Å²) in [7, 11) is -4.13. The van der Waals surface area contributed by atoms with Gasteiger partial charge in [-0.3, -0.25) is 4.68 Å². The Hall–Kier alpha value is -2.02. The number of hydrogen-bond donors (Lipinski definition) is 1. The van der Waals surface area contributed by atoms with Crippen LogP contribution in [0.5, 0.6) is 0 Å². The molecule has 0 aliphatic heterocycles. The maximum atomic E-state index is 13.0. The zero-order valence-corrected chi connectivity index (χ0v) is 17.4. The molecule has 7 nitrogen and oxygen atoms in total. The van der Waals surface area contributed by atoms with Crippen LogP contribution >= 0.6 is 0 Å². The van der Waals surface area contributed by atoms with Crippen molar-refractivity contribution in [1.29, 1.82) is 0 Å². The Balaban J connectivity index is 1.72. The Morgan fingerprint density at radius 3 is 2.37 bits per heavy atom. The number of alkyl halides is 5. The van der Waals surface area contributed by atoms with Crippen LogP contribution in [-0.4, -0.2) is 34.5 Å². The molecule has 30 heavy (non-hydrogen) atoms. The van der Waals surface area contributed by atoms with Gasteiger partial charge in [-0.1, -0.05) is 6.92 Å². The van der Waals surface area contributed by atoms with E-state index in [0.717, 1.165) is 18.9 Å². The van der Waals surface area contributed by atoms with E-state index in [9.17, 15) is 30.4 Å². The number of rotatable bonds is 8. The Morgan fingerprint density at radius 1 is 1.23 bits per heavy atom. The molecule has 0 spiro atoms. The van der Waals surface area contributed by atoms with Crippen molar-refractivity contribution in [2.75, 3.05) is 6.54 Å². The van der Waals surface area contributed by atoms with Gasteiger partial charge in [-0.05, 0) is 38.7 Å². The van der Waals surface area contributed by atoms with Crippen molar-refractivity contribution in [2.45, 2.75) is 63.7 Å². The van der Waals surface area contributed by atoms with Gasteiger partial charge in [0.15, 0.2) is 5.69 Å². The normalized spacial score (nSPS) is 16.4. The minimum absolute atomic E-state index is 0.0305. The van der Waals surface area contributed by atoms with E-state index in [2.05, 4.69) is 14.9 Å². The molecule has 2 aromatic rings. The highest BCUT2D eigenvalue weighted by Gasteiger charge is 2.38. The monoisotopic (exact) mass is 455 g/mol. The molecule has 1 fully saturated rings. The highest BCUT2D eigenvalue weighted by Crippen LogP contribution is 2.42. The predicted molar refractivity (Wildman–Crippen MR) is 96.5 cm³/mol. The fraction of sp³-hybridized carbons (Fsp3) is 0.647. The van der Waals surface area contributed by atoms with E-state index in [1.807, 2.05) is 0 Å². The number of hydrogen-bond acceptors (Lipinski definition) is 4. The molecule has 1 atom stereocenters. The van der Waals surface area contributed by atoms with Crippen molar-refractivity contribution < 1.29 is 30.4 Å². The van der Waals surface area contributed by atoms with Crippen molar-refractivity contribution in [1.82, 2.24) is 24.3 Å². The van der Waals surface area contributed by atoms with Crippen molar-refractivity contribution in [3.05, 3.63) is 28.8 Å². The van der Waals surface area contributed by atoms with E-state index in [1.54, 1.807) is 6.92 Å². The molecule has 3 rings (SSSR count). The summed E-state index contributed by atoms with van der Waals surface area (Å²) in [4.78, 5) is -0.327. The zero-order chi connectivity index (χ0) is 22.4. The van der Waals surface area contributed by atoms with Crippen LogP contribution in [0.4, 0.5) is 22.0 Å². The van der Waals surface area contributed by atoms with Crippen LogP contribution in [0.2, 0.25) is 0 Å². The van der Waals surface area contributed by atoms with Gasteiger partial charge < -0.3 is 0 Å². The minimum atomic E-state index is -4.56. The first-order valence-electron chi connectivity index (χ1n) is 9.29. The van der Waals surface area contributed by atoms with Crippen molar-refractivity contribution in [3.63, 3.8) is 0 Å². The molecule has 0 amide bonds. The summed E-state index contributed by atoms with van der Waals surface area (Å²) in [6, 6.07) is 1.04. The number of nitrogens with zero attached hydrogens (tertiary/aromatic N) is 4. The SMILES string of the molecule is Cc1nn(C(F)F)c(C)c1S(=O)(=O)NC[C@H](C)Cn1nc(C(F)(F)F)cc1C1CC1. The van der Waals surface area contributed by atoms with Crippen molar-refractivity contribution in [3.8, 4) is 0 Å². The molecule has 2 aromatic heterocycles. The molecular weight excluding hydrogens is 433 g/mol. The highest BCUT2D eigenvalue weighted by atomic mass is 32.2. The summed E-state index contributed by atoms with van der Waals surface area (Å²) in [6.45, 7) is 1.21. The first kappa shape index (κ1) is 22.7. The van der Waals surface area contributed by atoms with Gasteiger partial charge in [-0.25, -0.2) is 17.8 Å². The maximum Gasteiger partial charge on any atom is 0.435 e. The van der Waals surface area contributed by atoms with E-state index >= 15 is 0 Å². The second-order valence-corrected chi connectivity index (χ2v) is 9.29. The summed E-state index contributed by atoms with van der Waals surface area (Å²) >= 11 is 0. The number of nitrogens with one attached hydrogen (secondary N) is 1. The van der Waals surface area contributed by atoms with Crippen LogP contribution in [-0.2, 0) is 22.7 Å². The third-order valence-electron chi connectivity index (χ3n) is 4.92. The molecular formula is C17H22F5N5O2S. The molecule has 0 aromatic carbocycles. The number of aromatic nitrogens is 4. The Labute approximate surface area is 170 Å². The van der Waals surface area contributed by atoms with E-state index in [-0.39, 0.29) is 35.3 Å². The summed E-state index contributed by atoms with van der Waals surface area (Å²) < 4.78 is 94.1. The van der Waals surface area contributed by atoms with Gasteiger partial charge in [0.25, 0.3) is 0 Å². The van der Waals surface area contributed by atoms with Crippen molar-refractivity contribution in [2.24, 2.45) is 5.92 Å². The van der Waals surface area contributed by atoms with Crippen LogP contribution in [0.25, 0.3) is 0 Å². The van der Waals surface area contributed by atoms with Crippen molar-refractivity contribution >= 4 is 10.0 Å². The van der Waals surface area contributed by atoms with Crippen LogP contribution in [0, 0.1) is 19.8 Å². The smallest absolute Gasteiger partial charge is 0.268 e. The number of sulfonamides is 1. The third-order valence-corrected chi connectivity index (χ3v) is 6.59. The molecule has 0 saturated heterocycles. The summed E-state index contributed by atoms with van der Waals surface area (Å²) in [6.07, 6.45) is -2.98. The van der Waals surface area contributed by atoms with Crippen LogP contribution < -0.4 is 4.72 Å². The largest absolute Gasteiger partial charge is 0.435 e. The first-order valence-corrected chi connectivity index (χ1v) is 10.8. The van der Waals surface area contributed by atoms with Gasteiger partial charge in [0.2, 0.25) is 10.0 Å². The molecule has 0 bridgehead atoms. The Kier molecular flexibility index (Phi) is 5.98. The minimum Gasteiger partial charge on any atom is -0.268 e. The third kappa shape index (κ3) is 4.66. The molecule has 1 saturated carbocycles. The maximum absolute atomic E-state index is 13.0. The zero-order valence-electron chi connectivity index (χ0n) is 16.5. The fourth-order valence-electron chi connectivity index (χ4n) is 3.33. The lowest BCUT2D eigenvalue weighted by molar-refractivity contribution is -0.141. The lowest BCUT2D eigenvalue weighted by Gasteiger charge is -2.15. The van der Waals surface area contributed by atoms with E-state index < -0.39 is 34.4 Å². The fourth-order valence-corrected chi connectivity index (χ4v) is 4.89. The standard InChI is InChI=1S/C17H22F5N5O2S/c1-9(8-26-13(12-4-5-12)6-14(25-26)17(20,21)22)7-23-30(28,29)15-10(2)24-27(11(15)3)16(18)19/h6,9,12,16,23H,4-5,7-8H2,1-3H3/t9-/m0/s1. The van der Waals surface area contributed by atoms with Gasteiger partial charge in [-0.15, -0.1) is 0 Å². The molecule has 13 heteroatoms. The van der Waals surface area contributed by atoms with E-state index in [1.165, 1.54) is 18.5 Å². The Bertz CT molecular complexity index is 1020. The van der Waals surface area contributed by atoms with Gasteiger partial charge in [0.05, 0.1) is 11.4 Å². The average Bonchev–Trinajstić information content (AvgIpc) is 3.28. The second kappa shape index (κ2) is 7.91. The van der Waals surface area contributed by atoms with E-state index in [4.69, 9.17) is 0 Å².